The van der Waals surface area contributed by atoms with Gasteiger partial charge in [-0.3, -0.25) is 4.79 Å². The lowest BCUT2D eigenvalue weighted by atomic mass is 10.3. The van der Waals surface area contributed by atoms with Crippen LogP contribution in [0.2, 0.25) is 0 Å². The summed E-state index contributed by atoms with van der Waals surface area (Å²) in [5.74, 6) is 2.32. The molecule has 8 nitrogen and oxygen atoms in total. The Bertz CT molecular complexity index is 833. The Balaban J connectivity index is 1.33. The van der Waals surface area contributed by atoms with Gasteiger partial charge in [0.2, 0.25) is 5.91 Å². The molecule has 2 heterocycles. The van der Waals surface area contributed by atoms with Gasteiger partial charge in [-0.25, -0.2) is 0 Å². The number of thioether (sulfide) groups is 1. The topological polar surface area (TPSA) is 99.6 Å². The second kappa shape index (κ2) is 9.67. The van der Waals surface area contributed by atoms with Crippen LogP contribution in [0.25, 0.3) is 11.7 Å². The second-order valence-corrected chi connectivity index (χ2v) is 6.17. The van der Waals surface area contributed by atoms with Crippen LogP contribution in [0.15, 0.2) is 56.7 Å². The average molecular weight is 389 g/mol. The summed E-state index contributed by atoms with van der Waals surface area (Å²) in [7, 11) is 0. The van der Waals surface area contributed by atoms with Gasteiger partial charge in [-0.05, 0) is 43.3 Å². The fourth-order valence-corrected chi connectivity index (χ4v) is 2.70. The van der Waals surface area contributed by atoms with Crippen molar-refractivity contribution in [1.82, 2.24) is 15.5 Å². The summed E-state index contributed by atoms with van der Waals surface area (Å²) in [6, 6.07) is 10.8. The van der Waals surface area contributed by atoms with E-state index in [4.69, 9.17) is 18.3 Å². The lowest BCUT2D eigenvalue weighted by Crippen LogP contribution is -2.29. The van der Waals surface area contributed by atoms with Crippen molar-refractivity contribution >= 4 is 17.7 Å². The van der Waals surface area contributed by atoms with Crippen molar-refractivity contribution in [2.75, 3.05) is 25.5 Å². The lowest BCUT2D eigenvalue weighted by molar-refractivity contribution is -0.118. The van der Waals surface area contributed by atoms with E-state index < -0.39 is 0 Å². The number of aromatic nitrogens is 2. The Morgan fingerprint density at radius 3 is 2.63 bits per heavy atom. The van der Waals surface area contributed by atoms with Gasteiger partial charge >= 0.3 is 0 Å². The molecule has 0 spiro atoms. The predicted molar refractivity (Wildman–Crippen MR) is 98.8 cm³/mol. The quantitative estimate of drug-likeness (QED) is 0.417. The molecule has 0 aliphatic carbocycles. The molecule has 0 fully saturated rings. The fraction of sp³-hybridized carbons (Fsp3) is 0.278. The highest BCUT2D eigenvalue weighted by Crippen LogP contribution is 2.23. The van der Waals surface area contributed by atoms with Crippen LogP contribution >= 0.6 is 11.8 Å². The average Bonchev–Trinajstić information content (AvgIpc) is 3.36. The van der Waals surface area contributed by atoms with Gasteiger partial charge in [-0.1, -0.05) is 11.8 Å². The molecule has 0 saturated heterocycles. The smallest absolute Gasteiger partial charge is 0.284 e. The minimum atomic E-state index is -0.145. The molecule has 0 radical (unpaired) electrons. The lowest BCUT2D eigenvalue weighted by Gasteiger charge is -2.08. The first kappa shape index (κ1) is 18.8. The largest absolute Gasteiger partial charge is 0.494 e. The van der Waals surface area contributed by atoms with Gasteiger partial charge < -0.3 is 23.6 Å². The summed E-state index contributed by atoms with van der Waals surface area (Å²) >= 11 is 1.16. The minimum absolute atomic E-state index is 0.145. The summed E-state index contributed by atoms with van der Waals surface area (Å²) in [4.78, 5) is 11.9. The number of carbonyl (C=O) groups excluding carboxylic acids is 1. The summed E-state index contributed by atoms with van der Waals surface area (Å²) in [5, 5.41) is 10.8. The molecule has 1 N–H and O–H groups in total. The third-order valence-electron chi connectivity index (χ3n) is 3.29. The Kier molecular flexibility index (Phi) is 6.75. The number of carbonyl (C=O) groups is 1. The van der Waals surface area contributed by atoms with E-state index in [1.807, 2.05) is 31.2 Å². The van der Waals surface area contributed by atoms with E-state index in [0.29, 0.717) is 30.7 Å². The summed E-state index contributed by atoms with van der Waals surface area (Å²) < 4.78 is 21.5. The molecule has 0 atom stereocenters. The van der Waals surface area contributed by atoms with Gasteiger partial charge in [-0.15, -0.1) is 10.2 Å². The molecule has 0 saturated carbocycles. The number of furan rings is 1. The van der Waals surface area contributed by atoms with Gasteiger partial charge in [0.25, 0.3) is 11.1 Å². The molecule has 0 bridgehead atoms. The fourth-order valence-electron chi connectivity index (χ4n) is 2.10. The number of nitrogens with one attached hydrogen (secondary N) is 1. The molecule has 0 aliphatic heterocycles. The van der Waals surface area contributed by atoms with Crippen LogP contribution in [-0.2, 0) is 4.79 Å². The van der Waals surface area contributed by atoms with Crippen molar-refractivity contribution in [1.29, 1.82) is 0 Å². The maximum atomic E-state index is 11.9. The van der Waals surface area contributed by atoms with Crippen LogP contribution in [0.4, 0.5) is 0 Å². The van der Waals surface area contributed by atoms with E-state index in [-0.39, 0.29) is 17.6 Å². The molecule has 1 amide bonds. The van der Waals surface area contributed by atoms with Gasteiger partial charge in [0.15, 0.2) is 5.76 Å². The van der Waals surface area contributed by atoms with Crippen LogP contribution in [0, 0.1) is 0 Å². The highest BCUT2D eigenvalue weighted by atomic mass is 32.2. The monoisotopic (exact) mass is 389 g/mol. The third-order valence-corrected chi connectivity index (χ3v) is 4.11. The van der Waals surface area contributed by atoms with Crippen molar-refractivity contribution in [2.45, 2.75) is 12.1 Å². The van der Waals surface area contributed by atoms with E-state index in [1.54, 1.807) is 12.1 Å². The SMILES string of the molecule is CCOc1ccc(OCCNC(=O)CSc2nnc(-c3ccco3)o2)cc1. The van der Waals surface area contributed by atoms with Crippen LogP contribution in [0.5, 0.6) is 11.5 Å². The Hall–Kier alpha value is -2.94. The van der Waals surface area contributed by atoms with Gasteiger partial charge in [0.1, 0.15) is 18.1 Å². The predicted octanol–water partition coefficient (Wildman–Crippen LogP) is 3.02. The summed E-state index contributed by atoms with van der Waals surface area (Å²) in [5.41, 5.74) is 0. The van der Waals surface area contributed by atoms with E-state index in [9.17, 15) is 4.79 Å². The van der Waals surface area contributed by atoms with Crippen LogP contribution in [0.3, 0.4) is 0 Å². The molecule has 0 aliphatic rings. The molecule has 142 valence electrons. The molecular weight excluding hydrogens is 370 g/mol. The van der Waals surface area contributed by atoms with Crippen molar-refractivity contribution in [3.8, 4) is 23.1 Å². The Morgan fingerprint density at radius 1 is 1.15 bits per heavy atom. The first-order chi connectivity index (χ1) is 13.2. The highest BCUT2D eigenvalue weighted by Gasteiger charge is 2.12. The van der Waals surface area contributed by atoms with Gasteiger partial charge in [-0.2, -0.15) is 0 Å². The molecular formula is C18H19N3O5S. The molecule has 9 heteroatoms. The second-order valence-electron chi connectivity index (χ2n) is 5.24. The first-order valence-electron chi connectivity index (χ1n) is 8.37. The van der Waals surface area contributed by atoms with Gasteiger partial charge in [0.05, 0.1) is 25.2 Å². The minimum Gasteiger partial charge on any atom is -0.494 e. The van der Waals surface area contributed by atoms with E-state index in [0.717, 1.165) is 23.3 Å². The molecule has 27 heavy (non-hydrogen) atoms. The maximum absolute atomic E-state index is 11.9. The Labute approximate surface area is 160 Å². The number of amides is 1. The standard InChI is InChI=1S/C18H19N3O5S/c1-2-23-13-5-7-14(8-6-13)24-11-9-19-16(22)12-27-18-21-20-17(26-18)15-4-3-10-25-15/h3-8,10H,2,9,11-12H2,1H3,(H,19,22). The van der Waals surface area contributed by atoms with Crippen molar-refractivity contribution in [2.24, 2.45) is 0 Å². The maximum Gasteiger partial charge on any atom is 0.284 e. The summed E-state index contributed by atoms with van der Waals surface area (Å²) in [6.45, 7) is 3.32. The van der Waals surface area contributed by atoms with Crippen molar-refractivity contribution in [3.05, 3.63) is 42.7 Å². The first-order valence-corrected chi connectivity index (χ1v) is 9.35. The zero-order valence-corrected chi connectivity index (χ0v) is 15.5. The number of benzene rings is 1. The van der Waals surface area contributed by atoms with E-state index in [2.05, 4.69) is 15.5 Å². The zero-order chi connectivity index (χ0) is 18.9. The number of nitrogens with zero attached hydrogens (tertiary/aromatic N) is 2. The van der Waals surface area contributed by atoms with Crippen LogP contribution in [0.1, 0.15) is 6.92 Å². The molecule has 0 unspecified atom stereocenters. The van der Waals surface area contributed by atoms with E-state index >= 15 is 0 Å². The molecule has 3 aromatic rings. The molecule has 2 aromatic heterocycles. The summed E-state index contributed by atoms with van der Waals surface area (Å²) in [6.07, 6.45) is 1.52. The zero-order valence-electron chi connectivity index (χ0n) is 14.7. The number of hydrogen-bond donors (Lipinski definition) is 1. The van der Waals surface area contributed by atoms with Gasteiger partial charge in [0, 0.05) is 0 Å². The van der Waals surface area contributed by atoms with Crippen LogP contribution < -0.4 is 14.8 Å². The molecule has 1 aromatic carbocycles. The normalized spacial score (nSPS) is 10.6. The highest BCUT2D eigenvalue weighted by molar-refractivity contribution is 7.99. The van der Waals surface area contributed by atoms with E-state index in [1.165, 1.54) is 6.26 Å². The Morgan fingerprint density at radius 2 is 1.93 bits per heavy atom. The molecule has 3 rings (SSSR count). The number of hydrogen-bond acceptors (Lipinski definition) is 8. The van der Waals surface area contributed by atoms with Crippen LogP contribution in [-0.4, -0.2) is 41.6 Å². The number of ether oxygens (including phenoxy) is 2. The third kappa shape index (κ3) is 5.78. The van der Waals surface area contributed by atoms with Crippen molar-refractivity contribution in [3.63, 3.8) is 0 Å². The number of rotatable bonds is 10. The van der Waals surface area contributed by atoms with Crippen molar-refractivity contribution < 1.29 is 23.1 Å².